The molecule has 0 saturated heterocycles. The number of aliphatic carboxylic acids is 1. The lowest BCUT2D eigenvalue weighted by atomic mass is 10.0. The molecular weight excluding hydrogens is 328 g/mol. The van der Waals surface area contributed by atoms with Crippen molar-refractivity contribution < 1.29 is 14.7 Å². The van der Waals surface area contributed by atoms with E-state index in [1.54, 1.807) is 20.8 Å². The van der Waals surface area contributed by atoms with E-state index in [-0.39, 0.29) is 22.6 Å². The third kappa shape index (κ3) is 3.17. The number of hydrogen-bond acceptors (Lipinski definition) is 5. The van der Waals surface area contributed by atoms with Crippen molar-refractivity contribution in [3.8, 4) is 0 Å². The number of aryl methyl sites for hydroxylation is 2. The quantitative estimate of drug-likeness (QED) is 0.787. The molecule has 9 heteroatoms. The van der Waals surface area contributed by atoms with E-state index in [4.69, 9.17) is 0 Å². The third-order valence-corrected chi connectivity index (χ3v) is 4.06. The van der Waals surface area contributed by atoms with Crippen LogP contribution in [0.2, 0.25) is 0 Å². The van der Waals surface area contributed by atoms with Gasteiger partial charge in [0.25, 0.3) is 11.5 Å². The van der Waals surface area contributed by atoms with Crippen molar-refractivity contribution in [3.63, 3.8) is 0 Å². The average Bonchev–Trinajstić information content (AvgIpc) is 2.54. The summed E-state index contributed by atoms with van der Waals surface area (Å²) >= 11 is 0. The highest BCUT2D eigenvalue weighted by Crippen LogP contribution is 2.13. The minimum atomic E-state index is -1.15. The smallest absolute Gasteiger partial charge is 0.332 e. The standard InChI is InChI=1S/C16H20N4O5/c1-7(2)11(15(23)24)18-13(21)9-6-8(3)10-12(17-9)19(4)16(25)20(5)14(10)22/h6-7,11H,1-5H3,(H,18,21)(H,23,24)/t11-/m0/s1. The van der Waals surface area contributed by atoms with Gasteiger partial charge in [-0.1, -0.05) is 13.8 Å². The van der Waals surface area contributed by atoms with Crippen molar-refractivity contribution in [3.05, 3.63) is 38.2 Å². The normalized spacial score (nSPS) is 12.4. The van der Waals surface area contributed by atoms with E-state index < -0.39 is 29.2 Å². The molecule has 2 aromatic rings. The molecule has 9 nitrogen and oxygen atoms in total. The molecule has 25 heavy (non-hydrogen) atoms. The Kier molecular flexibility index (Phi) is 4.78. The van der Waals surface area contributed by atoms with Crippen LogP contribution in [0, 0.1) is 12.8 Å². The summed E-state index contributed by atoms with van der Waals surface area (Å²) in [6, 6.07) is 0.334. The number of rotatable bonds is 4. The van der Waals surface area contributed by atoms with E-state index >= 15 is 0 Å². The van der Waals surface area contributed by atoms with Crippen LogP contribution in [0.3, 0.4) is 0 Å². The minimum absolute atomic E-state index is 0.0554. The van der Waals surface area contributed by atoms with Gasteiger partial charge in [0.15, 0.2) is 0 Å². The predicted octanol–water partition coefficient (Wildman–Crippen LogP) is -0.220. The van der Waals surface area contributed by atoms with Crippen LogP contribution in [-0.2, 0) is 18.9 Å². The lowest BCUT2D eigenvalue weighted by Gasteiger charge is -2.18. The second-order valence-corrected chi connectivity index (χ2v) is 6.26. The lowest BCUT2D eigenvalue weighted by molar-refractivity contribution is -0.140. The third-order valence-electron chi connectivity index (χ3n) is 4.06. The molecule has 0 unspecified atom stereocenters. The second kappa shape index (κ2) is 6.50. The van der Waals surface area contributed by atoms with Gasteiger partial charge in [-0.2, -0.15) is 0 Å². The molecule has 0 aliphatic rings. The average molecular weight is 348 g/mol. The zero-order valence-electron chi connectivity index (χ0n) is 14.7. The van der Waals surface area contributed by atoms with Crippen LogP contribution in [0.4, 0.5) is 0 Å². The first-order chi connectivity index (χ1) is 11.6. The highest BCUT2D eigenvalue weighted by Gasteiger charge is 2.25. The zero-order chi connectivity index (χ0) is 19.0. The van der Waals surface area contributed by atoms with Crippen molar-refractivity contribution in [2.24, 2.45) is 20.0 Å². The Hall–Kier alpha value is -2.97. The van der Waals surface area contributed by atoms with E-state index in [0.29, 0.717) is 5.56 Å². The van der Waals surface area contributed by atoms with Crippen LogP contribution in [0.25, 0.3) is 11.0 Å². The number of carboxylic acids is 1. The van der Waals surface area contributed by atoms with Crippen LogP contribution >= 0.6 is 0 Å². The molecule has 134 valence electrons. The molecule has 0 spiro atoms. The van der Waals surface area contributed by atoms with Gasteiger partial charge in [-0.3, -0.25) is 18.7 Å². The maximum atomic E-state index is 12.4. The van der Waals surface area contributed by atoms with Gasteiger partial charge < -0.3 is 10.4 Å². The molecule has 2 heterocycles. The number of nitrogens with zero attached hydrogens (tertiary/aromatic N) is 3. The summed E-state index contributed by atoms with van der Waals surface area (Å²) < 4.78 is 2.15. The number of hydrogen-bond donors (Lipinski definition) is 2. The summed E-state index contributed by atoms with van der Waals surface area (Å²) in [5, 5.41) is 11.8. The van der Waals surface area contributed by atoms with Gasteiger partial charge in [0.1, 0.15) is 17.4 Å². The first kappa shape index (κ1) is 18.4. The molecule has 0 saturated carbocycles. The first-order valence-electron chi connectivity index (χ1n) is 7.67. The van der Waals surface area contributed by atoms with Crippen LogP contribution in [0.5, 0.6) is 0 Å². The van der Waals surface area contributed by atoms with Crippen LogP contribution in [0.1, 0.15) is 29.9 Å². The number of carbonyl (C=O) groups excluding carboxylic acids is 1. The highest BCUT2D eigenvalue weighted by molar-refractivity contribution is 5.97. The van der Waals surface area contributed by atoms with Crippen LogP contribution in [0.15, 0.2) is 15.7 Å². The van der Waals surface area contributed by atoms with Gasteiger partial charge in [-0.05, 0) is 24.5 Å². The highest BCUT2D eigenvalue weighted by atomic mass is 16.4. The molecule has 1 amide bonds. The summed E-state index contributed by atoms with van der Waals surface area (Å²) in [7, 11) is 2.82. The minimum Gasteiger partial charge on any atom is -0.480 e. The summed E-state index contributed by atoms with van der Waals surface area (Å²) in [4.78, 5) is 52.1. The van der Waals surface area contributed by atoms with E-state index in [1.807, 2.05) is 0 Å². The first-order valence-corrected chi connectivity index (χ1v) is 7.67. The Morgan fingerprint density at radius 3 is 2.32 bits per heavy atom. The number of fused-ring (bicyclic) bond motifs is 1. The molecule has 2 N–H and O–H groups in total. The molecule has 2 rings (SSSR count). The largest absolute Gasteiger partial charge is 0.480 e. The molecule has 1 atom stereocenters. The molecule has 0 aromatic carbocycles. The molecule has 0 aliphatic heterocycles. The maximum absolute atomic E-state index is 12.4. The number of carbonyl (C=O) groups is 2. The molecule has 0 fully saturated rings. The van der Waals surface area contributed by atoms with Gasteiger partial charge >= 0.3 is 11.7 Å². The number of pyridine rings is 1. The van der Waals surface area contributed by atoms with Crippen LogP contribution in [-0.4, -0.2) is 37.1 Å². The monoisotopic (exact) mass is 348 g/mol. The van der Waals surface area contributed by atoms with Crippen molar-refractivity contribution in [2.75, 3.05) is 0 Å². The summed E-state index contributed by atoms with van der Waals surface area (Å²) in [6.45, 7) is 4.97. The van der Waals surface area contributed by atoms with Crippen molar-refractivity contribution in [1.29, 1.82) is 0 Å². The van der Waals surface area contributed by atoms with Gasteiger partial charge in [0.2, 0.25) is 0 Å². The Morgan fingerprint density at radius 2 is 1.80 bits per heavy atom. The molecule has 2 aromatic heterocycles. The summed E-state index contributed by atoms with van der Waals surface area (Å²) in [5.41, 5.74) is -0.564. The number of nitrogens with one attached hydrogen (secondary N) is 1. The molecule has 0 radical (unpaired) electrons. The van der Waals surface area contributed by atoms with Gasteiger partial charge in [-0.25, -0.2) is 14.6 Å². The number of carboxylic acid groups (broad SMARTS) is 1. The maximum Gasteiger partial charge on any atom is 0.332 e. The van der Waals surface area contributed by atoms with Crippen molar-refractivity contribution in [1.82, 2.24) is 19.4 Å². The summed E-state index contributed by atoms with van der Waals surface area (Å²) in [5.74, 6) is -2.15. The Balaban J connectivity index is 2.62. The predicted molar refractivity (Wildman–Crippen MR) is 90.7 cm³/mol. The van der Waals surface area contributed by atoms with E-state index in [9.17, 15) is 24.3 Å². The van der Waals surface area contributed by atoms with E-state index in [1.165, 1.54) is 24.7 Å². The second-order valence-electron chi connectivity index (χ2n) is 6.26. The van der Waals surface area contributed by atoms with Gasteiger partial charge in [0, 0.05) is 14.1 Å². The SMILES string of the molecule is Cc1cc(C(=O)N[C@H](C(=O)O)C(C)C)nc2c1c(=O)n(C)c(=O)n2C. The number of amides is 1. The fraction of sp³-hybridized carbons (Fsp3) is 0.438. The topological polar surface area (TPSA) is 123 Å². The Morgan fingerprint density at radius 1 is 1.20 bits per heavy atom. The van der Waals surface area contributed by atoms with Crippen molar-refractivity contribution in [2.45, 2.75) is 26.8 Å². The van der Waals surface area contributed by atoms with Crippen LogP contribution < -0.4 is 16.6 Å². The van der Waals surface area contributed by atoms with E-state index in [2.05, 4.69) is 10.3 Å². The molecule has 0 bridgehead atoms. The summed E-state index contributed by atoms with van der Waals surface area (Å²) in [6.07, 6.45) is 0. The zero-order valence-corrected chi connectivity index (χ0v) is 14.7. The molecular formula is C16H20N4O5. The van der Waals surface area contributed by atoms with Crippen molar-refractivity contribution >= 4 is 22.9 Å². The number of aromatic nitrogens is 3. The Labute approximate surface area is 142 Å². The van der Waals surface area contributed by atoms with Gasteiger partial charge in [0.05, 0.1) is 5.39 Å². The fourth-order valence-electron chi connectivity index (χ4n) is 2.58. The fourth-order valence-corrected chi connectivity index (χ4v) is 2.58. The van der Waals surface area contributed by atoms with Gasteiger partial charge in [-0.15, -0.1) is 0 Å². The Bertz CT molecular complexity index is 987. The lowest BCUT2D eigenvalue weighted by Crippen LogP contribution is -2.44. The molecule has 0 aliphatic carbocycles. The van der Waals surface area contributed by atoms with E-state index in [0.717, 1.165) is 4.57 Å².